The molecule has 0 spiro atoms. The monoisotopic (exact) mass is 361 g/mol. The van der Waals surface area contributed by atoms with E-state index in [0.717, 1.165) is 6.42 Å². The second-order valence-corrected chi connectivity index (χ2v) is 7.50. The largest absolute Gasteiger partial charge is 0.444 e. The van der Waals surface area contributed by atoms with Gasteiger partial charge in [-0.2, -0.15) is 0 Å². The van der Waals surface area contributed by atoms with Crippen molar-refractivity contribution in [3.63, 3.8) is 0 Å². The van der Waals surface area contributed by atoms with Gasteiger partial charge in [0.2, 0.25) is 5.95 Å². The lowest BCUT2D eigenvalue weighted by molar-refractivity contribution is -0.384. The second kappa shape index (κ2) is 6.47. The zero-order valence-corrected chi connectivity index (χ0v) is 15.4. The molecule has 0 bridgehead atoms. The number of nitro groups is 1. The van der Waals surface area contributed by atoms with Crippen LogP contribution in [0.25, 0.3) is 11.0 Å². The number of aromatic amines is 1. The number of likely N-dealkylation sites (tertiary alicyclic amines) is 1. The van der Waals surface area contributed by atoms with Gasteiger partial charge in [0.1, 0.15) is 5.60 Å². The lowest BCUT2D eigenvalue weighted by Crippen LogP contribution is -2.39. The molecule has 1 aliphatic heterocycles. The van der Waals surface area contributed by atoms with E-state index in [1.165, 1.54) is 12.1 Å². The van der Waals surface area contributed by atoms with Crippen LogP contribution in [0.15, 0.2) is 18.2 Å². The summed E-state index contributed by atoms with van der Waals surface area (Å²) in [7, 11) is 1.90. The first-order valence-corrected chi connectivity index (χ1v) is 8.49. The molecule has 1 N–H and O–H groups in total. The highest BCUT2D eigenvalue weighted by Gasteiger charge is 2.32. The highest BCUT2D eigenvalue weighted by molar-refractivity contribution is 5.80. The minimum atomic E-state index is -0.519. The molecule has 0 saturated carbocycles. The Balaban J connectivity index is 1.72. The SMILES string of the molecule is CN(c1nc2ccc([N+](=O)[O-])cc2[nH]1)[C@H]1CCN(C(=O)OC(C)(C)C)C1. The van der Waals surface area contributed by atoms with Crippen LogP contribution in [0.3, 0.4) is 0 Å². The number of benzene rings is 1. The summed E-state index contributed by atoms with van der Waals surface area (Å²) in [6.07, 6.45) is 0.487. The van der Waals surface area contributed by atoms with Gasteiger partial charge >= 0.3 is 6.09 Å². The summed E-state index contributed by atoms with van der Waals surface area (Å²) in [6.45, 7) is 6.70. The highest BCUT2D eigenvalue weighted by Crippen LogP contribution is 2.25. The molecular weight excluding hydrogens is 338 g/mol. The number of carbonyl (C=O) groups excluding carboxylic acids is 1. The van der Waals surface area contributed by atoms with E-state index in [1.54, 1.807) is 11.0 Å². The number of likely N-dealkylation sites (N-methyl/N-ethyl adjacent to an activating group) is 1. The average molecular weight is 361 g/mol. The molecule has 26 heavy (non-hydrogen) atoms. The molecule has 140 valence electrons. The number of hydrogen-bond acceptors (Lipinski definition) is 6. The molecule has 9 nitrogen and oxygen atoms in total. The van der Waals surface area contributed by atoms with E-state index in [1.807, 2.05) is 32.7 Å². The van der Waals surface area contributed by atoms with Gasteiger partial charge in [0.05, 0.1) is 22.0 Å². The van der Waals surface area contributed by atoms with Gasteiger partial charge in [0.15, 0.2) is 0 Å². The number of ether oxygens (including phenoxy) is 1. The van der Waals surface area contributed by atoms with Gasteiger partial charge in [-0.3, -0.25) is 10.1 Å². The third kappa shape index (κ3) is 3.71. The zero-order valence-electron chi connectivity index (χ0n) is 15.4. The Bertz CT molecular complexity index is 841. The standard InChI is InChI=1S/C17H23N5O4/c1-17(2,3)26-16(23)21-8-7-12(10-21)20(4)15-18-13-6-5-11(22(24)25)9-14(13)19-15/h5-6,9,12H,7-8,10H2,1-4H3,(H,18,19)/t12-/m0/s1. The molecule has 1 saturated heterocycles. The third-order valence-electron chi connectivity index (χ3n) is 4.36. The van der Waals surface area contributed by atoms with Crippen LogP contribution in [-0.2, 0) is 4.74 Å². The highest BCUT2D eigenvalue weighted by atomic mass is 16.6. The molecule has 0 radical (unpaired) electrons. The molecule has 2 aromatic rings. The van der Waals surface area contributed by atoms with Crippen molar-refractivity contribution in [2.45, 2.75) is 38.8 Å². The first-order chi connectivity index (χ1) is 12.1. The first kappa shape index (κ1) is 18.0. The Morgan fingerprint density at radius 3 is 2.85 bits per heavy atom. The van der Waals surface area contributed by atoms with E-state index in [4.69, 9.17) is 4.74 Å². The third-order valence-corrected chi connectivity index (χ3v) is 4.36. The van der Waals surface area contributed by atoms with Crippen LogP contribution >= 0.6 is 0 Å². The van der Waals surface area contributed by atoms with Crippen molar-refractivity contribution in [3.05, 3.63) is 28.3 Å². The van der Waals surface area contributed by atoms with Crippen molar-refractivity contribution >= 4 is 28.8 Å². The van der Waals surface area contributed by atoms with Gasteiger partial charge in [-0.25, -0.2) is 9.78 Å². The van der Waals surface area contributed by atoms with Crippen LogP contribution in [0.1, 0.15) is 27.2 Å². The van der Waals surface area contributed by atoms with Crippen LogP contribution < -0.4 is 4.90 Å². The van der Waals surface area contributed by atoms with E-state index < -0.39 is 10.5 Å². The van der Waals surface area contributed by atoms with Crippen LogP contribution in [-0.4, -0.2) is 57.7 Å². The van der Waals surface area contributed by atoms with Crippen LogP contribution in [0, 0.1) is 10.1 Å². The number of nitrogens with one attached hydrogen (secondary N) is 1. The molecule has 1 aromatic carbocycles. The van der Waals surface area contributed by atoms with Crippen molar-refractivity contribution in [2.24, 2.45) is 0 Å². The maximum Gasteiger partial charge on any atom is 0.410 e. The van der Waals surface area contributed by atoms with Gasteiger partial charge in [0, 0.05) is 32.3 Å². The maximum absolute atomic E-state index is 12.2. The van der Waals surface area contributed by atoms with Crippen LogP contribution in [0.5, 0.6) is 0 Å². The number of amides is 1. The Morgan fingerprint density at radius 1 is 1.46 bits per heavy atom. The molecule has 2 heterocycles. The smallest absolute Gasteiger partial charge is 0.410 e. The number of aromatic nitrogens is 2. The number of non-ortho nitro benzene ring substituents is 1. The summed E-state index contributed by atoms with van der Waals surface area (Å²) in [4.78, 5) is 34.0. The van der Waals surface area contributed by atoms with E-state index in [-0.39, 0.29) is 17.8 Å². The fourth-order valence-electron chi connectivity index (χ4n) is 2.99. The Morgan fingerprint density at radius 2 is 2.19 bits per heavy atom. The molecule has 3 rings (SSSR count). The van der Waals surface area contributed by atoms with E-state index in [2.05, 4.69) is 9.97 Å². The molecule has 0 unspecified atom stereocenters. The van der Waals surface area contributed by atoms with Gasteiger partial charge < -0.3 is 19.5 Å². The average Bonchev–Trinajstić information content (AvgIpc) is 3.18. The fourth-order valence-corrected chi connectivity index (χ4v) is 2.99. The van der Waals surface area contributed by atoms with Crippen molar-refractivity contribution in [1.29, 1.82) is 0 Å². The molecule has 1 aromatic heterocycles. The molecule has 1 atom stereocenters. The lowest BCUT2D eigenvalue weighted by Gasteiger charge is -2.26. The number of hydrogen-bond donors (Lipinski definition) is 1. The molecule has 0 aliphatic carbocycles. The number of H-pyrrole nitrogens is 1. The van der Waals surface area contributed by atoms with E-state index in [9.17, 15) is 14.9 Å². The fraction of sp³-hybridized carbons (Fsp3) is 0.529. The zero-order chi connectivity index (χ0) is 19.1. The summed E-state index contributed by atoms with van der Waals surface area (Å²) in [6, 6.07) is 4.63. The minimum absolute atomic E-state index is 0.0207. The van der Waals surface area contributed by atoms with Crippen molar-refractivity contribution in [1.82, 2.24) is 14.9 Å². The lowest BCUT2D eigenvalue weighted by atomic mass is 10.2. The normalized spacial score (nSPS) is 17.5. The quantitative estimate of drug-likeness (QED) is 0.666. The number of fused-ring (bicyclic) bond motifs is 1. The van der Waals surface area contributed by atoms with Crippen molar-refractivity contribution in [2.75, 3.05) is 25.0 Å². The van der Waals surface area contributed by atoms with Crippen molar-refractivity contribution < 1.29 is 14.5 Å². The summed E-state index contributed by atoms with van der Waals surface area (Å²) < 4.78 is 5.42. The van der Waals surface area contributed by atoms with E-state index in [0.29, 0.717) is 30.1 Å². The molecule has 1 amide bonds. The summed E-state index contributed by atoms with van der Waals surface area (Å²) in [5, 5.41) is 10.9. The van der Waals surface area contributed by atoms with Gasteiger partial charge in [-0.15, -0.1) is 0 Å². The van der Waals surface area contributed by atoms with Gasteiger partial charge in [-0.1, -0.05) is 0 Å². The number of anilines is 1. The Labute approximate surface area is 151 Å². The van der Waals surface area contributed by atoms with Crippen LogP contribution in [0.2, 0.25) is 0 Å². The first-order valence-electron chi connectivity index (χ1n) is 8.49. The minimum Gasteiger partial charge on any atom is -0.444 e. The second-order valence-electron chi connectivity index (χ2n) is 7.50. The predicted molar refractivity (Wildman–Crippen MR) is 97.4 cm³/mol. The van der Waals surface area contributed by atoms with Gasteiger partial charge in [0.25, 0.3) is 5.69 Å². The summed E-state index contributed by atoms with van der Waals surface area (Å²) >= 11 is 0. The van der Waals surface area contributed by atoms with Gasteiger partial charge in [-0.05, 0) is 33.3 Å². The number of carbonyl (C=O) groups is 1. The topological polar surface area (TPSA) is 105 Å². The summed E-state index contributed by atoms with van der Waals surface area (Å²) in [5.41, 5.74) is 0.781. The Kier molecular flexibility index (Phi) is 4.47. The molecular formula is C17H23N5O4. The maximum atomic E-state index is 12.2. The van der Waals surface area contributed by atoms with Crippen molar-refractivity contribution in [3.8, 4) is 0 Å². The van der Waals surface area contributed by atoms with E-state index >= 15 is 0 Å². The number of nitro benzene ring substituents is 1. The number of nitrogens with zero attached hydrogens (tertiary/aromatic N) is 4. The molecule has 1 fully saturated rings. The summed E-state index contributed by atoms with van der Waals surface area (Å²) in [5.74, 6) is 0.622. The predicted octanol–water partition coefficient (Wildman–Crippen LogP) is 2.92. The Hall–Kier alpha value is -2.84. The molecule has 9 heteroatoms. The number of imidazole rings is 1. The molecule has 1 aliphatic rings. The van der Waals surface area contributed by atoms with Crippen LogP contribution in [0.4, 0.5) is 16.4 Å². The number of rotatable bonds is 3.